The number of anilines is 2. The fourth-order valence-electron chi connectivity index (χ4n) is 3.54. The molecule has 138 valence electrons. The van der Waals surface area contributed by atoms with Gasteiger partial charge >= 0.3 is 0 Å². The Balaban J connectivity index is 1.55. The van der Waals surface area contributed by atoms with E-state index in [0.717, 1.165) is 61.7 Å². The van der Waals surface area contributed by atoms with E-state index in [-0.39, 0.29) is 0 Å². The Morgan fingerprint density at radius 1 is 1.00 bits per heavy atom. The van der Waals surface area contributed by atoms with E-state index in [0.29, 0.717) is 11.4 Å². The van der Waals surface area contributed by atoms with E-state index in [1.54, 1.807) is 10.8 Å². The maximum atomic E-state index is 9.71. The van der Waals surface area contributed by atoms with Crippen molar-refractivity contribution in [2.75, 3.05) is 36.0 Å². The van der Waals surface area contributed by atoms with Crippen LogP contribution in [0.2, 0.25) is 0 Å². The molecule has 0 bridgehead atoms. The van der Waals surface area contributed by atoms with Crippen LogP contribution in [0.3, 0.4) is 0 Å². The van der Waals surface area contributed by atoms with Gasteiger partial charge in [-0.15, -0.1) is 20.4 Å². The van der Waals surface area contributed by atoms with E-state index in [1.807, 2.05) is 19.1 Å². The smallest absolute Gasteiger partial charge is 0.177 e. The first-order valence-corrected chi connectivity index (χ1v) is 9.20. The zero-order chi connectivity index (χ0) is 18.8. The minimum atomic E-state index is 0.668. The van der Waals surface area contributed by atoms with Crippen LogP contribution in [0.1, 0.15) is 30.7 Å². The lowest BCUT2D eigenvalue weighted by Gasteiger charge is -2.36. The van der Waals surface area contributed by atoms with Gasteiger partial charge in [0, 0.05) is 26.2 Å². The van der Waals surface area contributed by atoms with E-state index in [1.165, 1.54) is 0 Å². The Morgan fingerprint density at radius 3 is 2.48 bits per heavy atom. The summed E-state index contributed by atoms with van der Waals surface area (Å²) < 4.78 is 1.68. The van der Waals surface area contributed by atoms with Gasteiger partial charge in [0.05, 0.1) is 5.69 Å². The topological polar surface area (TPSA) is 99.1 Å². The minimum Gasteiger partial charge on any atom is -0.352 e. The zero-order valence-corrected chi connectivity index (χ0v) is 15.5. The number of fused-ring (bicyclic) bond motifs is 1. The zero-order valence-electron chi connectivity index (χ0n) is 15.5. The summed E-state index contributed by atoms with van der Waals surface area (Å²) in [6.45, 7) is 7.22. The molecule has 0 radical (unpaired) electrons. The van der Waals surface area contributed by atoms with Crippen LogP contribution >= 0.6 is 0 Å². The summed E-state index contributed by atoms with van der Waals surface area (Å²) in [5.41, 5.74) is 3.34. The average molecular weight is 363 g/mol. The van der Waals surface area contributed by atoms with Gasteiger partial charge < -0.3 is 9.80 Å². The number of hydrogen-bond donors (Lipinski definition) is 0. The molecule has 4 heterocycles. The van der Waals surface area contributed by atoms with Gasteiger partial charge in [0.15, 0.2) is 11.5 Å². The molecule has 0 N–H and O–H groups in total. The molecular formula is C18H21N9. The predicted octanol–water partition coefficient (Wildman–Crippen LogP) is 1.24. The summed E-state index contributed by atoms with van der Waals surface area (Å²) in [5.74, 6) is 1.59. The first kappa shape index (κ1) is 17.1. The predicted molar refractivity (Wildman–Crippen MR) is 101 cm³/mol. The lowest BCUT2D eigenvalue weighted by atomic mass is 10.0. The highest BCUT2D eigenvalue weighted by molar-refractivity contribution is 5.59. The quantitative estimate of drug-likeness (QED) is 0.683. The summed E-state index contributed by atoms with van der Waals surface area (Å²) >= 11 is 0. The maximum Gasteiger partial charge on any atom is 0.177 e. The highest BCUT2D eigenvalue weighted by Gasteiger charge is 2.24. The Hall–Kier alpha value is -3.28. The second-order valence-electron chi connectivity index (χ2n) is 6.44. The van der Waals surface area contributed by atoms with Gasteiger partial charge in [0.1, 0.15) is 23.8 Å². The largest absolute Gasteiger partial charge is 0.352 e. The molecule has 1 aliphatic rings. The third-order valence-corrected chi connectivity index (χ3v) is 4.99. The van der Waals surface area contributed by atoms with Gasteiger partial charge in [-0.1, -0.05) is 13.8 Å². The number of rotatable bonds is 4. The van der Waals surface area contributed by atoms with Crippen molar-refractivity contribution in [1.29, 1.82) is 5.26 Å². The molecule has 0 aliphatic carbocycles. The molecule has 3 aromatic rings. The molecule has 1 fully saturated rings. The maximum absolute atomic E-state index is 9.71. The number of aromatic nitrogens is 6. The van der Waals surface area contributed by atoms with E-state index in [2.05, 4.69) is 48.3 Å². The molecule has 0 atom stereocenters. The van der Waals surface area contributed by atoms with Crippen molar-refractivity contribution in [3.8, 4) is 6.07 Å². The summed E-state index contributed by atoms with van der Waals surface area (Å²) in [7, 11) is 0. The van der Waals surface area contributed by atoms with Crippen LogP contribution in [0.5, 0.6) is 0 Å². The average Bonchev–Trinajstić information content (AvgIpc) is 3.20. The van der Waals surface area contributed by atoms with Gasteiger partial charge in [-0.3, -0.25) is 0 Å². The molecule has 0 unspecified atom stereocenters. The van der Waals surface area contributed by atoms with E-state index in [4.69, 9.17) is 0 Å². The summed E-state index contributed by atoms with van der Waals surface area (Å²) in [6.07, 6.45) is 3.18. The van der Waals surface area contributed by atoms with Crippen molar-refractivity contribution in [2.45, 2.75) is 26.7 Å². The summed E-state index contributed by atoms with van der Waals surface area (Å²) in [6, 6.07) is 6.24. The van der Waals surface area contributed by atoms with Crippen LogP contribution in [0.15, 0.2) is 18.5 Å². The lowest BCUT2D eigenvalue weighted by Crippen LogP contribution is -2.47. The molecule has 1 aliphatic heterocycles. The third-order valence-electron chi connectivity index (χ3n) is 4.99. The van der Waals surface area contributed by atoms with Crippen molar-refractivity contribution in [1.82, 2.24) is 30.0 Å². The third kappa shape index (κ3) is 3.03. The molecule has 1 saturated heterocycles. The second-order valence-corrected chi connectivity index (χ2v) is 6.44. The highest BCUT2D eigenvalue weighted by Crippen LogP contribution is 2.25. The molecular weight excluding hydrogens is 342 g/mol. The van der Waals surface area contributed by atoms with Gasteiger partial charge in [-0.25, -0.2) is 0 Å². The number of hydrogen-bond acceptors (Lipinski definition) is 8. The second kappa shape index (κ2) is 7.15. The highest BCUT2D eigenvalue weighted by atomic mass is 15.4. The van der Waals surface area contributed by atoms with Crippen LogP contribution in [-0.4, -0.2) is 56.2 Å². The van der Waals surface area contributed by atoms with Crippen LogP contribution in [-0.2, 0) is 12.8 Å². The Labute approximate surface area is 157 Å². The van der Waals surface area contributed by atoms with Crippen molar-refractivity contribution in [2.24, 2.45) is 0 Å². The summed E-state index contributed by atoms with van der Waals surface area (Å²) in [4.78, 5) is 4.37. The molecule has 9 nitrogen and oxygen atoms in total. The molecule has 9 heteroatoms. The van der Waals surface area contributed by atoms with Crippen molar-refractivity contribution >= 4 is 17.3 Å². The molecule has 0 saturated carbocycles. The first-order valence-electron chi connectivity index (χ1n) is 9.20. The van der Waals surface area contributed by atoms with Crippen LogP contribution in [0.25, 0.3) is 5.65 Å². The fourth-order valence-corrected chi connectivity index (χ4v) is 3.54. The van der Waals surface area contributed by atoms with Gasteiger partial charge in [-0.05, 0) is 30.5 Å². The van der Waals surface area contributed by atoms with Crippen molar-refractivity contribution in [3.63, 3.8) is 0 Å². The molecule has 0 spiro atoms. The molecule has 0 aromatic carbocycles. The standard InChI is InChI=1S/C18H21N9/c1-3-13-14(11-19)18(23-21-15(13)4-2)26-9-7-25(8-10-26)17-6-5-16-22-20-12-27(16)24-17/h5-6,12H,3-4,7-10H2,1-2H3. The van der Waals surface area contributed by atoms with Gasteiger partial charge in [-0.2, -0.15) is 14.9 Å². The van der Waals surface area contributed by atoms with Crippen LogP contribution < -0.4 is 9.80 Å². The molecule has 27 heavy (non-hydrogen) atoms. The minimum absolute atomic E-state index is 0.668. The van der Waals surface area contributed by atoms with Crippen molar-refractivity contribution < 1.29 is 0 Å². The van der Waals surface area contributed by atoms with Crippen LogP contribution in [0, 0.1) is 11.3 Å². The molecule has 3 aromatic heterocycles. The van der Waals surface area contributed by atoms with Gasteiger partial charge in [0.2, 0.25) is 0 Å². The summed E-state index contributed by atoms with van der Waals surface area (Å²) in [5, 5.41) is 30.9. The van der Waals surface area contributed by atoms with E-state index in [9.17, 15) is 5.26 Å². The number of aryl methyl sites for hydroxylation is 1. The molecule has 4 rings (SSSR count). The van der Waals surface area contributed by atoms with Gasteiger partial charge in [0.25, 0.3) is 0 Å². The van der Waals surface area contributed by atoms with E-state index >= 15 is 0 Å². The van der Waals surface area contributed by atoms with Crippen LogP contribution in [0.4, 0.5) is 11.6 Å². The van der Waals surface area contributed by atoms with Crippen molar-refractivity contribution in [3.05, 3.63) is 35.3 Å². The monoisotopic (exact) mass is 363 g/mol. The lowest BCUT2D eigenvalue weighted by molar-refractivity contribution is 0.630. The normalized spacial score (nSPS) is 14.6. The first-order chi connectivity index (χ1) is 13.2. The Kier molecular flexibility index (Phi) is 4.54. The Bertz CT molecular complexity index is 996. The van der Waals surface area contributed by atoms with E-state index < -0.39 is 0 Å². The number of piperazine rings is 1. The number of nitrogens with zero attached hydrogens (tertiary/aromatic N) is 9. The Morgan fingerprint density at radius 2 is 1.78 bits per heavy atom. The molecule has 0 amide bonds. The fraction of sp³-hybridized carbons (Fsp3) is 0.444. The number of nitriles is 1. The SMILES string of the molecule is CCc1nnc(N2CCN(c3ccc4nncn4n3)CC2)c(C#N)c1CC.